The van der Waals surface area contributed by atoms with Crippen LogP contribution >= 0.6 is 0 Å². The molecule has 6 nitrogen and oxygen atoms in total. The summed E-state index contributed by atoms with van der Waals surface area (Å²) in [4.78, 5) is 22.8. The fraction of sp³-hybridized carbons (Fsp3) is 0.818. The highest BCUT2D eigenvalue weighted by molar-refractivity contribution is 5.88. The Morgan fingerprint density at radius 3 is 2.71 bits per heavy atom. The van der Waals surface area contributed by atoms with E-state index in [1.165, 1.54) is 0 Å². The lowest BCUT2D eigenvalue weighted by atomic mass is 9.99. The fourth-order valence-electron chi connectivity index (χ4n) is 1.61. The van der Waals surface area contributed by atoms with Crippen LogP contribution in [0.5, 0.6) is 0 Å². The van der Waals surface area contributed by atoms with Crippen LogP contribution in [-0.4, -0.2) is 48.3 Å². The molecule has 0 radical (unpaired) electrons. The molecule has 17 heavy (non-hydrogen) atoms. The predicted molar refractivity (Wildman–Crippen MR) is 61.7 cm³/mol. The van der Waals surface area contributed by atoms with Gasteiger partial charge in [-0.15, -0.1) is 0 Å². The summed E-state index contributed by atoms with van der Waals surface area (Å²) < 4.78 is 5.05. The van der Waals surface area contributed by atoms with Gasteiger partial charge in [0.2, 0.25) is 5.91 Å². The van der Waals surface area contributed by atoms with E-state index in [0.717, 1.165) is 6.42 Å². The molecule has 0 aromatic carbocycles. The largest absolute Gasteiger partial charge is 0.479 e. The zero-order chi connectivity index (χ0) is 12.9. The summed E-state index contributed by atoms with van der Waals surface area (Å²) in [5, 5.41) is 14.7. The minimum absolute atomic E-state index is 0.0391. The van der Waals surface area contributed by atoms with Gasteiger partial charge in [0.15, 0.2) is 5.54 Å². The van der Waals surface area contributed by atoms with Crippen molar-refractivity contribution in [2.45, 2.75) is 38.3 Å². The van der Waals surface area contributed by atoms with Crippen molar-refractivity contribution < 1.29 is 19.4 Å². The second-order valence-corrected chi connectivity index (χ2v) is 4.43. The highest BCUT2D eigenvalue weighted by atomic mass is 16.5. The van der Waals surface area contributed by atoms with Crippen molar-refractivity contribution in [2.24, 2.45) is 0 Å². The second kappa shape index (κ2) is 5.97. The predicted octanol–water partition coefficient (Wildman–Crippen LogP) is -0.266. The molecule has 98 valence electrons. The highest BCUT2D eigenvalue weighted by Crippen LogP contribution is 2.18. The number of ether oxygens (including phenoxy) is 1. The van der Waals surface area contributed by atoms with Crippen molar-refractivity contribution in [3.63, 3.8) is 0 Å². The van der Waals surface area contributed by atoms with Crippen LogP contribution in [0.2, 0.25) is 0 Å². The van der Waals surface area contributed by atoms with Crippen molar-refractivity contribution in [2.75, 3.05) is 19.8 Å². The molecule has 1 fully saturated rings. The third-order valence-corrected chi connectivity index (χ3v) is 3.03. The molecule has 2 unspecified atom stereocenters. The normalized spacial score (nSPS) is 25.5. The quantitative estimate of drug-likeness (QED) is 0.599. The molecule has 1 saturated heterocycles. The van der Waals surface area contributed by atoms with Crippen LogP contribution in [0.4, 0.5) is 0 Å². The summed E-state index contributed by atoms with van der Waals surface area (Å²) in [6.45, 7) is 4.52. The lowest BCUT2D eigenvalue weighted by molar-refractivity contribution is -0.147. The molecular weight excluding hydrogens is 224 g/mol. The molecule has 1 aliphatic heterocycles. The number of amides is 1. The van der Waals surface area contributed by atoms with E-state index in [4.69, 9.17) is 9.84 Å². The molecule has 1 amide bonds. The first-order chi connectivity index (χ1) is 8.00. The van der Waals surface area contributed by atoms with E-state index < -0.39 is 11.5 Å². The van der Waals surface area contributed by atoms with Crippen LogP contribution in [0.25, 0.3) is 0 Å². The summed E-state index contributed by atoms with van der Waals surface area (Å²) in [6, 6.07) is 0.237. The van der Waals surface area contributed by atoms with Gasteiger partial charge in [0.25, 0.3) is 0 Å². The van der Waals surface area contributed by atoms with Crippen LogP contribution in [-0.2, 0) is 14.3 Å². The first-order valence-corrected chi connectivity index (χ1v) is 5.85. The molecule has 0 aromatic rings. The SMILES string of the molecule is CCC(C)NCC(=O)NC1(C(=O)O)CCOC1. The van der Waals surface area contributed by atoms with Gasteiger partial charge in [-0.25, -0.2) is 4.79 Å². The number of carboxylic acids is 1. The van der Waals surface area contributed by atoms with Gasteiger partial charge in [-0.2, -0.15) is 0 Å². The number of carbonyl (C=O) groups excluding carboxylic acids is 1. The molecule has 3 N–H and O–H groups in total. The number of nitrogens with one attached hydrogen (secondary N) is 2. The monoisotopic (exact) mass is 244 g/mol. The van der Waals surface area contributed by atoms with Gasteiger partial charge in [0.05, 0.1) is 13.2 Å². The highest BCUT2D eigenvalue weighted by Gasteiger charge is 2.43. The molecular formula is C11H20N2O4. The van der Waals surface area contributed by atoms with E-state index in [0.29, 0.717) is 13.0 Å². The van der Waals surface area contributed by atoms with Crippen molar-refractivity contribution in [1.82, 2.24) is 10.6 Å². The number of carbonyl (C=O) groups is 2. The summed E-state index contributed by atoms with van der Waals surface area (Å²) in [5.74, 6) is -1.34. The van der Waals surface area contributed by atoms with Crippen molar-refractivity contribution in [3.05, 3.63) is 0 Å². The molecule has 6 heteroatoms. The van der Waals surface area contributed by atoms with Gasteiger partial charge in [0.1, 0.15) is 0 Å². The van der Waals surface area contributed by atoms with Crippen LogP contribution in [0.3, 0.4) is 0 Å². The molecule has 0 bridgehead atoms. The van der Waals surface area contributed by atoms with E-state index in [2.05, 4.69) is 10.6 Å². The Bertz CT molecular complexity index is 287. The zero-order valence-electron chi connectivity index (χ0n) is 10.3. The van der Waals surface area contributed by atoms with E-state index in [1.807, 2.05) is 13.8 Å². The molecule has 1 rings (SSSR count). The molecule has 0 aromatic heterocycles. The maximum atomic E-state index is 11.6. The van der Waals surface area contributed by atoms with Gasteiger partial charge in [-0.3, -0.25) is 4.79 Å². The van der Waals surface area contributed by atoms with Gasteiger partial charge in [-0.1, -0.05) is 6.92 Å². The molecule has 0 aliphatic carbocycles. The molecule has 2 atom stereocenters. The molecule has 0 saturated carbocycles. The number of aliphatic carboxylic acids is 1. The average molecular weight is 244 g/mol. The van der Waals surface area contributed by atoms with Gasteiger partial charge in [0, 0.05) is 19.1 Å². The van der Waals surface area contributed by atoms with Gasteiger partial charge < -0.3 is 20.5 Å². The number of rotatable bonds is 6. The summed E-state index contributed by atoms with van der Waals surface area (Å²) in [5.41, 5.74) is -1.24. The van der Waals surface area contributed by atoms with Gasteiger partial charge >= 0.3 is 5.97 Å². The lowest BCUT2D eigenvalue weighted by Crippen LogP contribution is -2.57. The number of hydrogen-bond acceptors (Lipinski definition) is 4. The third-order valence-electron chi connectivity index (χ3n) is 3.03. The Kier molecular flexibility index (Phi) is 4.89. The molecule has 0 spiro atoms. The average Bonchev–Trinajstić information content (AvgIpc) is 2.75. The second-order valence-electron chi connectivity index (χ2n) is 4.43. The molecule has 1 aliphatic rings. The summed E-state index contributed by atoms with van der Waals surface area (Å²) >= 11 is 0. The van der Waals surface area contributed by atoms with Crippen LogP contribution in [0.1, 0.15) is 26.7 Å². The maximum absolute atomic E-state index is 11.6. The maximum Gasteiger partial charge on any atom is 0.331 e. The van der Waals surface area contributed by atoms with E-state index in [-0.39, 0.29) is 25.1 Å². The third kappa shape index (κ3) is 3.67. The van der Waals surface area contributed by atoms with Crippen molar-refractivity contribution in [1.29, 1.82) is 0 Å². The minimum atomic E-state index is -1.24. The van der Waals surface area contributed by atoms with Crippen LogP contribution < -0.4 is 10.6 Å². The number of hydrogen-bond donors (Lipinski definition) is 3. The van der Waals surface area contributed by atoms with E-state index in [9.17, 15) is 9.59 Å². The standard InChI is InChI=1S/C11H20N2O4/c1-3-8(2)12-6-9(14)13-11(10(15)16)4-5-17-7-11/h8,12H,3-7H2,1-2H3,(H,13,14)(H,15,16). The first kappa shape index (κ1) is 13.9. The van der Waals surface area contributed by atoms with Crippen molar-refractivity contribution in [3.8, 4) is 0 Å². The Morgan fingerprint density at radius 2 is 2.24 bits per heavy atom. The van der Waals surface area contributed by atoms with Crippen LogP contribution in [0, 0.1) is 0 Å². The van der Waals surface area contributed by atoms with Gasteiger partial charge in [-0.05, 0) is 13.3 Å². The Labute approximate surface area is 101 Å². The Hall–Kier alpha value is -1.14. The van der Waals surface area contributed by atoms with Crippen molar-refractivity contribution >= 4 is 11.9 Å². The summed E-state index contributed by atoms with van der Waals surface area (Å²) in [6.07, 6.45) is 1.23. The lowest BCUT2D eigenvalue weighted by Gasteiger charge is -2.24. The first-order valence-electron chi connectivity index (χ1n) is 5.85. The smallest absolute Gasteiger partial charge is 0.331 e. The summed E-state index contributed by atoms with van der Waals surface area (Å²) in [7, 11) is 0. The Balaban J connectivity index is 2.45. The van der Waals surface area contributed by atoms with E-state index >= 15 is 0 Å². The Morgan fingerprint density at radius 1 is 1.53 bits per heavy atom. The number of carboxylic acid groups (broad SMARTS) is 1. The van der Waals surface area contributed by atoms with E-state index in [1.54, 1.807) is 0 Å². The zero-order valence-corrected chi connectivity index (χ0v) is 10.3. The van der Waals surface area contributed by atoms with Crippen LogP contribution in [0.15, 0.2) is 0 Å². The fourth-order valence-corrected chi connectivity index (χ4v) is 1.61. The minimum Gasteiger partial charge on any atom is -0.479 e. The topological polar surface area (TPSA) is 87.7 Å². The molecule has 1 heterocycles.